The van der Waals surface area contributed by atoms with E-state index in [2.05, 4.69) is 50.2 Å². The summed E-state index contributed by atoms with van der Waals surface area (Å²) in [5.74, 6) is 1.36. The second-order valence-electron chi connectivity index (χ2n) is 6.18. The van der Waals surface area contributed by atoms with E-state index in [1.54, 1.807) is 12.3 Å². The summed E-state index contributed by atoms with van der Waals surface area (Å²) < 4.78 is 4.32. The number of thioether (sulfide) groups is 1. The van der Waals surface area contributed by atoms with Crippen molar-refractivity contribution in [3.63, 3.8) is 0 Å². The fourth-order valence-corrected chi connectivity index (χ4v) is 3.87. The summed E-state index contributed by atoms with van der Waals surface area (Å²) in [5.41, 5.74) is 3.47. The van der Waals surface area contributed by atoms with Crippen LogP contribution in [0.15, 0.2) is 63.1 Å². The molecule has 0 radical (unpaired) electrons. The lowest BCUT2D eigenvalue weighted by atomic mass is 10.1. The summed E-state index contributed by atoms with van der Waals surface area (Å²) in [6, 6.07) is 13.4. The summed E-state index contributed by atoms with van der Waals surface area (Å²) in [6.07, 6.45) is 1.72. The molecule has 3 aromatic heterocycles. The Kier molecular flexibility index (Phi) is 4.84. The van der Waals surface area contributed by atoms with Gasteiger partial charge in [0.1, 0.15) is 5.65 Å². The maximum atomic E-state index is 12.3. The smallest absolute Gasteiger partial charge is 0.258 e. The van der Waals surface area contributed by atoms with E-state index >= 15 is 0 Å². The van der Waals surface area contributed by atoms with E-state index in [-0.39, 0.29) is 5.56 Å². The van der Waals surface area contributed by atoms with Crippen molar-refractivity contribution in [2.45, 2.75) is 17.8 Å². The molecule has 0 spiro atoms. The Balaban J connectivity index is 1.57. The van der Waals surface area contributed by atoms with E-state index in [4.69, 9.17) is 0 Å². The van der Waals surface area contributed by atoms with E-state index in [9.17, 15) is 4.79 Å². The molecule has 4 aromatic rings. The van der Waals surface area contributed by atoms with Crippen molar-refractivity contribution < 1.29 is 0 Å². The van der Waals surface area contributed by atoms with Gasteiger partial charge < -0.3 is 4.57 Å². The van der Waals surface area contributed by atoms with E-state index in [0.29, 0.717) is 17.1 Å². The van der Waals surface area contributed by atoms with Crippen LogP contribution in [-0.4, -0.2) is 24.1 Å². The van der Waals surface area contributed by atoms with Crippen LogP contribution in [0, 0.1) is 6.92 Å². The molecule has 0 unspecified atom stereocenters. The van der Waals surface area contributed by atoms with Gasteiger partial charge in [0, 0.05) is 35.1 Å². The molecule has 0 atom stereocenters. The van der Waals surface area contributed by atoms with Crippen molar-refractivity contribution in [3.05, 3.63) is 74.7 Å². The van der Waals surface area contributed by atoms with Crippen LogP contribution in [0.2, 0.25) is 0 Å². The molecule has 0 aliphatic carbocycles. The van der Waals surface area contributed by atoms with Gasteiger partial charge in [-0.25, -0.2) is 4.98 Å². The number of nitrogens with zero attached hydrogens (tertiary/aromatic N) is 5. The van der Waals surface area contributed by atoms with E-state index < -0.39 is 0 Å². The normalized spacial score (nSPS) is 11.2. The minimum atomic E-state index is -0.102. The average molecular weight is 442 g/mol. The Labute approximate surface area is 168 Å². The lowest BCUT2D eigenvalue weighted by Crippen LogP contribution is -2.15. The highest BCUT2D eigenvalue weighted by molar-refractivity contribution is 9.10. The van der Waals surface area contributed by atoms with Gasteiger partial charge >= 0.3 is 0 Å². The van der Waals surface area contributed by atoms with Crippen LogP contribution >= 0.6 is 27.7 Å². The molecule has 6 nitrogen and oxygen atoms in total. The zero-order valence-corrected chi connectivity index (χ0v) is 17.2. The van der Waals surface area contributed by atoms with Gasteiger partial charge in [0.2, 0.25) is 0 Å². The first-order chi connectivity index (χ1) is 13.0. The standard InChI is InChI=1S/C19H16BrN5OS/c1-12-3-5-13(6-4-12)18-22-23-19(24(18)2)27-11-15-9-17(26)25-10-14(20)7-8-16(25)21-15/h3-10H,11H2,1-2H3. The highest BCUT2D eigenvalue weighted by atomic mass is 79.9. The van der Waals surface area contributed by atoms with Crippen LogP contribution in [-0.2, 0) is 12.8 Å². The van der Waals surface area contributed by atoms with Crippen LogP contribution in [0.4, 0.5) is 0 Å². The fourth-order valence-electron chi connectivity index (χ4n) is 2.73. The first-order valence-electron chi connectivity index (χ1n) is 8.28. The summed E-state index contributed by atoms with van der Waals surface area (Å²) in [6.45, 7) is 2.06. The molecule has 0 fully saturated rings. The van der Waals surface area contributed by atoms with Crippen LogP contribution in [0.25, 0.3) is 17.0 Å². The predicted molar refractivity (Wildman–Crippen MR) is 110 cm³/mol. The number of rotatable bonds is 4. The number of hydrogen-bond donors (Lipinski definition) is 0. The van der Waals surface area contributed by atoms with Crippen LogP contribution in [0.5, 0.6) is 0 Å². The maximum absolute atomic E-state index is 12.3. The van der Waals surface area contributed by atoms with Gasteiger partial charge in [-0.05, 0) is 35.0 Å². The fraction of sp³-hybridized carbons (Fsp3) is 0.158. The minimum Gasteiger partial charge on any atom is -0.305 e. The summed E-state index contributed by atoms with van der Waals surface area (Å²) in [5, 5.41) is 9.37. The lowest BCUT2D eigenvalue weighted by molar-refractivity contribution is 0.793. The molecule has 4 rings (SSSR count). The predicted octanol–water partition coefficient (Wildman–Crippen LogP) is 3.85. The van der Waals surface area contributed by atoms with Gasteiger partial charge in [-0.3, -0.25) is 9.20 Å². The van der Waals surface area contributed by atoms with Crippen LogP contribution in [0.3, 0.4) is 0 Å². The Morgan fingerprint density at radius 3 is 2.67 bits per heavy atom. The quantitative estimate of drug-likeness (QED) is 0.450. The number of pyridine rings is 1. The number of aromatic nitrogens is 5. The molecule has 0 amide bonds. The van der Waals surface area contributed by atoms with Crippen molar-refractivity contribution in [3.8, 4) is 11.4 Å². The molecule has 0 saturated heterocycles. The molecule has 27 heavy (non-hydrogen) atoms. The molecule has 0 aliphatic rings. The molecule has 0 N–H and O–H groups in total. The Morgan fingerprint density at radius 2 is 1.89 bits per heavy atom. The van der Waals surface area contributed by atoms with Crippen molar-refractivity contribution in [2.24, 2.45) is 7.05 Å². The second kappa shape index (κ2) is 7.28. The Bertz CT molecular complexity index is 1180. The zero-order chi connectivity index (χ0) is 19.0. The highest BCUT2D eigenvalue weighted by Crippen LogP contribution is 2.25. The molecule has 0 saturated carbocycles. The molecule has 1 aromatic carbocycles. The molecule has 0 aliphatic heterocycles. The summed E-state index contributed by atoms with van der Waals surface area (Å²) >= 11 is 4.88. The van der Waals surface area contributed by atoms with Crippen molar-refractivity contribution in [1.29, 1.82) is 0 Å². The molecule has 3 heterocycles. The third-order valence-electron chi connectivity index (χ3n) is 4.17. The number of hydrogen-bond acceptors (Lipinski definition) is 5. The highest BCUT2D eigenvalue weighted by Gasteiger charge is 2.12. The number of fused-ring (bicyclic) bond motifs is 1. The first-order valence-corrected chi connectivity index (χ1v) is 10.1. The van der Waals surface area contributed by atoms with Crippen molar-refractivity contribution in [1.82, 2.24) is 24.1 Å². The maximum Gasteiger partial charge on any atom is 0.258 e. The third-order valence-corrected chi connectivity index (χ3v) is 5.69. The second-order valence-corrected chi connectivity index (χ2v) is 8.04. The van der Waals surface area contributed by atoms with E-state index in [1.807, 2.05) is 35.9 Å². The van der Waals surface area contributed by atoms with Crippen LogP contribution < -0.4 is 5.56 Å². The minimum absolute atomic E-state index is 0.102. The summed E-state index contributed by atoms with van der Waals surface area (Å²) in [4.78, 5) is 16.9. The number of aryl methyl sites for hydroxylation is 1. The van der Waals surface area contributed by atoms with Crippen molar-refractivity contribution in [2.75, 3.05) is 0 Å². The topological polar surface area (TPSA) is 65.1 Å². The molecule has 0 bridgehead atoms. The Morgan fingerprint density at radius 1 is 1.11 bits per heavy atom. The molecular weight excluding hydrogens is 426 g/mol. The molecule has 8 heteroatoms. The molecule has 136 valence electrons. The van der Waals surface area contributed by atoms with E-state index in [1.165, 1.54) is 21.7 Å². The summed E-state index contributed by atoms with van der Waals surface area (Å²) in [7, 11) is 1.94. The SMILES string of the molecule is Cc1ccc(-c2nnc(SCc3cc(=O)n4cc(Br)ccc4n3)n2C)cc1. The largest absolute Gasteiger partial charge is 0.305 e. The van der Waals surface area contributed by atoms with E-state index in [0.717, 1.165) is 21.0 Å². The monoisotopic (exact) mass is 441 g/mol. The zero-order valence-electron chi connectivity index (χ0n) is 14.8. The van der Waals surface area contributed by atoms with Gasteiger partial charge in [-0.1, -0.05) is 41.6 Å². The molecular formula is C19H16BrN5OS. The Hall–Kier alpha value is -2.45. The first kappa shape index (κ1) is 17.9. The number of halogens is 1. The van der Waals surface area contributed by atoms with Gasteiger partial charge in [-0.2, -0.15) is 0 Å². The van der Waals surface area contributed by atoms with Crippen LogP contribution in [0.1, 0.15) is 11.3 Å². The number of benzene rings is 1. The van der Waals surface area contributed by atoms with Gasteiger partial charge in [0.15, 0.2) is 11.0 Å². The van der Waals surface area contributed by atoms with Gasteiger partial charge in [-0.15, -0.1) is 10.2 Å². The van der Waals surface area contributed by atoms with Gasteiger partial charge in [0.05, 0.1) is 5.69 Å². The third kappa shape index (κ3) is 3.68. The average Bonchev–Trinajstić information content (AvgIpc) is 3.02. The lowest BCUT2D eigenvalue weighted by Gasteiger charge is -2.06. The van der Waals surface area contributed by atoms with Gasteiger partial charge in [0.25, 0.3) is 5.56 Å². The van der Waals surface area contributed by atoms with Crippen molar-refractivity contribution >= 4 is 33.3 Å².